The maximum Gasteiger partial charge on any atom is 0.310 e. The Labute approximate surface area is 87.7 Å². The molecule has 3 N–H and O–H groups in total. The lowest BCUT2D eigenvalue weighted by atomic mass is 10.1. The summed E-state index contributed by atoms with van der Waals surface area (Å²) in [5.74, 6) is 0.509. The highest BCUT2D eigenvalue weighted by atomic mass is 16.5. The Bertz CT molecular complexity index is 377. The van der Waals surface area contributed by atoms with Gasteiger partial charge in [0.05, 0.1) is 0 Å². The van der Waals surface area contributed by atoms with Gasteiger partial charge in [-0.25, -0.2) is 4.98 Å². The number of rotatable bonds is 3. The van der Waals surface area contributed by atoms with Crippen molar-refractivity contribution in [2.45, 2.75) is 25.4 Å². The molecule has 1 aromatic heterocycles. The number of aromatic nitrogens is 2. The molecule has 0 aliphatic heterocycles. The maximum absolute atomic E-state index is 11.3. The third-order valence-corrected chi connectivity index (χ3v) is 2.83. The normalized spacial score (nSPS) is 25.4. The zero-order valence-electron chi connectivity index (χ0n) is 8.48. The molecule has 82 valence electrons. The highest BCUT2D eigenvalue weighted by Gasteiger charge is 2.28. The zero-order chi connectivity index (χ0) is 10.7. The van der Waals surface area contributed by atoms with Crippen molar-refractivity contribution in [1.29, 1.82) is 0 Å². The molecule has 0 saturated heterocycles. The summed E-state index contributed by atoms with van der Waals surface area (Å²) in [5, 5.41) is 0. The number of nitrogens with one attached hydrogen (secondary N) is 1. The van der Waals surface area contributed by atoms with Crippen molar-refractivity contribution in [1.82, 2.24) is 9.97 Å². The van der Waals surface area contributed by atoms with E-state index in [1.54, 1.807) is 0 Å². The van der Waals surface area contributed by atoms with Crippen LogP contribution in [0.5, 0.6) is 5.88 Å². The number of H-pyrrole nitrogens is 1. The van der Waals surface area contributed by atoms with E-state index in [1.807, 2.05) is 0 Å². The van der Waals surface area contributed by atoms with Gasteiger partial charge in [0.2, 0.25) is 0 Å². The Hall–Kier alpha value is -1.36. The molecule has 2 rings (SSSR count). The summed E-state index contributed by atoms with van der Waals surface area (Å²) in [4.78, 5) is 17.8. The monoisotopic (exact) mass is 209 g/mol. The second-order valence-electron chi connectivity index (χ2n) is 3.81. The van der Waals surface area contributed by atoms with E-state index in [2.05, 4.69) is 9.97 Å². The van der Waals surface area contributed by atoms with Gasteiger partial charge in [-0.15, -0.1) is 0 Å². The van der Waals surface area contributed by atoms with Crippen molar-refractivity contribution in [2.75, 3.05) is 6.54 Å². The molecule has 5 nitrogen and oxygen atoms in total. The van der Waals surface area contributed by atoms with Crippen molar-refractivity contribution < 1.29 is 4.74 Å². The second-order valence-corrected chi connectivity index (χ2v) is 3.81. The molecule has 1 saturated carbocycles. The molecule has 1 fully saturated rings. The fraction of sp³-hybridized carbons (Fsp3) is 0.600. The molecule has 1 aliphatic rings. The third kappa shape index (κ3) is 2.18. The maximum atomic E-state index is 11.3. The number of aromatic amines is 1. The van der Waals surface area contributed by atoms with Crippen molar-refractivity contribution in [3.63, 3.8) is 0 Å². The van der Waals surface area contributed by atoms with Crippen molar-refractivity contribution in [3.05, 3.63) is 22.7 Å². The van der Waals surface area contributed by atoms with Gasteiger partial charge in [0, 0.05) is 18.3 Å². The van der Waals surface area contributed by atoms with Crippen LogP contribution in [0.15, 0.2) is 17.2 Å². The van der Waals surface area contributed by atoms with Gasteiger partial charge in [0.1, 0.15) is 6.10 Å². The molecule has 0 radical (unpaired) electrons. The first-order valence-corrected chi connectivity index (χ1v) is 5.21. The molecule has 15 heavy (non-hydrogen) atoms. The summed E-state index contributed by atoms with van der Waals surface area (Å²) < 4.78 is 5.57. The van der Waals surface area contributed by atoms with Gasteiger partial charge in [-0.1, -0.05) is 0 Å². The van der Waals surface area contributed by atoms with E-state index in [4.69, 9.17) is 10.5 Å². The lowest BCUT2D eigenvalue weighted by molar-refractivity contribution is 0.153. The highest BCUT2D eigenvalue weighted by Crippen LogP contribution is 2.27. The molecule has 2 unspecified atom stereocenters. The first kappa shape index (κ1) is 10.2. The van der Waals surface area contributed by atoms with E-state index in [9.17, 15) is 4.79 Å². The Morgan fingerprint density at radius 2 is 2.47 bits per heavy atom. The Morgan fingerprint density at radius 1 is 1.60 bits per heavy atom. The van der Waals surface area contributed by atoms with Crippen LogP contribution in [0.25, 0.3) is 0 Å². The summed E-state index contributed by atoms with van der Waals surface area (Å²) in [6.45, 7) is 0.607. The Kier molecular flexibility index (Phi) is 3.01. The minimum Gasteiger partial charge on any atom is -0.470 e. The number of hydrogen-bond donors (Lipinski definition) is 2. The summed E-state index contributed by atoms with van der Waals surface area (Å²) in [6.07, 6.45) is 6.19. The van der Waals surface area contributed by atoms with Crippen LogP contribution in [0.4, 0.5) is 0 Å². The first-order chi connectivity index (χ1) is 7.31. The van der Waals surface area contributed by atoms with Gasteiger partial charge in [0.25, 0.3) is 5.88 Å². The van der Waals surface area contributed by atoms with E-state index in [0.29, 0.717) is 12.5 Å². The fourth-order valence-electron chi connectivity index (χ4n) is 1.99. The van der Waals surface area contributed by atoms with Crippen LogP contribution in [-0.2, 0) is 0 Å². The van der Waals surface area contributed by atoms with E-state index in [1.165, 1.54) is 12.4 Å². The van der Waals surface area contributed by atoms with E-state index >= 15 is 0 Å². The number of nitrogens with two attached hydrogens (primary N) is 1. The molecule has 1 aromatic rings. The standard InChI is InChI=1S/C10H15N3O2/c11-6-7-2-1-3-8(7)15-10-9(14)12-4-5-13-10/h4-5,7-8H,1-3,6,11H2,(H,12,14). The summed E-state index contributed by atoms with van der Waals surface area (Å²) in [6, 6.07) is 0. The van der Waals surface area contributed by atoms with Crippen LogP contribution in [0.1, 0.15) is 19.3 Å². The van der Waals surface area contributed by atoms with Crippen molar-refractivity contribution >= 4 is 0 Å². The van der Waals surface area contributed by atoms with Crippen LogP contribution in [0, 0.1) is 5.92 Å². The average Bonchev–Trinajstić information content (AvgIpc) is 2.69. The van der Waals surface area contributed by atoms with E-state index < -0.39 is 0 Å². The lowest BCUT2D eigenvalue weighted by Crippen LogP contribution is -2.30. The highest BCUT2D eigenvalue weighted by molar-refractivity contribution is 5.04. The number of nitrogens with zero attached hydrogens (tertiary/aromatic N) is 1. The van der Waals surface area contributed by atoms with Gasteiger partial charge >= 0.3 is 5.56 Å². The van der Waals surface area contributed by atoms with Crippen LogP contribution >= 0.6 is 0 Å². The predicted molar refractivity (Wildman–Crippen MR) is 55.7 cm³/mol. The fourth-order valence-corrected chi connectivity index (χ4v) is 1.99. The Balaban J connectivity index is 2.08. The largest absolute Gasteiger partial charge is 0.470 e. The molecule has 2 atom stereocenters. The van der Waals surface area contributed by atoms with Gasteiger partial charge in [-0.3, -0.25) is 4.79 Å². The molecule has 0 aromatic carbocycles. The molecular formula is C10H15N3O2. The quantitative estimate of drug-likeness (QED) is 0.749. The average molecular weight is 209 g/mol. The van der Waals surface area contributed by atoms with Crippen LogP contribution < -0.4 is 16.0 Å². The van der Waals surface area contributed by atoms with Gasteiger partial charge in [-0.05, 0) is 25.8 Å². The SMILES string of the molecule is NCC1CCCC1Oc1ncc[nH]c1=O. The van der Waals surface area contributed by atoms with E-state index in [-0.39, 0.29) is 17.5 Å². The minimum absolute atomic E-state index is 0.0472. The summed E-state index contributed by atoms with van der Waals surface area (Å²) in [7, 11) is 0. The van der Waals surface area contributed by atoms with Crippen LogP contribution in [0.2, 0.25) is 0 Å². The topological polar surface area (TPSA) is 81.0 Å². The number of hydrogen-bond acceptors (Lipinski definition) is 4. The van der Waals surface area contributed by atoms with E-state index in [0.717, 1.165) is 19.3 Å². The zero-order valence-corrected chi connectivity index (χ0v) is 8.48. The van der Waals surface area contributed by atoms with Crippen LogP contribution in [-0.4, -0.2) is 22.6 Å². The Morgan fingerprint density at radius 3 is 3.20 bits per heavy atom. The van der Waals surface area contributed by atoms with Gasteiger partial charge in [0.15, 0.2) is 0 Å². The van der Waals surface area contributed by atoms with Gasteiger partial charge < -0.3 is 15.5 Å². The molecule has 0 spiro atoms. The van der Waals surface area contributed by atoms with Crippen molar-refractivity contribution in [2.24, 2.45) is 11.7 Å². The molecule has 0 amide bonds. The van der Waals surface area contributed by atoms with Crippen molar-refractivity contribution in [3.8, 4) is 5.88 Å². The predicted octanol–water partition coefficient (Wildman–Crippen LogP) is 0.276. The molecule has 1 heterocycles. The first-order valence-electron chi connectivity index (χ1n) is 5.21. The molecular weight excluding hydrogens is 194 g/mol. The molecule has 1 aliphatic carbocycles. The minimum atomic E-state index is -0.278. The number of ether oxygens (including phenoxy) is 1. The second kappa shape index (κ2) is 4.44. The smallest absolute Gasteiger partial charge is 0.310 e. The van der Waals surface area contributed by atoms with Gasteiger partial charge in [-0.2, -0.15) is 0 Å². The summed E-state index contributed by atoms with van der Waals surface area (Å²) in [5.41, 5.74) is 5.35. The van der Waals surface area contributed by atoms with Crippen LogP contribution in [0.3, 0.4) is 0 Å². The molecule has 0 bridgehead atoms. The third-order valence-electron chi connectivity index (χ3n) is 2.83. The summed E-state index contributed by atoms with van der Waals surface area (Å²) >= 11 is 0. The lowest BCUT2D eigenvalue weighted by Gasteiger charge is -2.18. The molecule has 5 heteroatoms.